The zero-order valence-corrected chi connectivity index (χ0v) is 14.7. The molecule has 1 heterocycles. The molecule has 8 nitrogen and oxygen atoms in total. The van der Waals surface area contributed by atoms with Crippen molar-refractivity contribution in [1.29, 1.82) is 0 Å². The second-order valence-electron chi connectivity index (χ2n) is 6.63. The van der Waals surface area contributed by atoms with E-state index in [1.54, 1.807) is 32.9 Å². The molecule has 0 bridgehead atoms. The van der Waals surface area contributed by atoms with Gasteiger partial charge in [-0.05, 0) is 39.8 Å². The standard InChI is InChI=1S/C17H20N2O6/c1-10(18(5)16(23)24-17(2,3)4)15(22)25-19-13(20)11-8-6-7-9-12(11)14(19)21/h6-10H,1-5H3/t10-/m0/s1. The van der Waals surface area contributed by atoms with Gasteiger partial charge >= 0.3 is 12.1 Å². The van der Waals surface area contributed by atoms with Crippen molar-refractivity contribution in [3.8, 4) is 0 Å². The van der Waals surface area contributed by atoms with Crippen LogP contribution in [0.15, 0.2) is 24.3 Å². The highest BCUT2D eigenvalue weighted by Crippen LogP contribution is 2.23. The molecule has 134 valence electrons. The second kappa shape index (κ2) is 6.54. The van der Waals surface area contributed by atoms with E-state index in [0.717, 1.165) is 4.90 Å². The number of likely N-dealkylation sites (N-methyl/N-ethyl adjacent to an activating group) is 1. The molecule has 25 heavy (non-hydrogen) atoms. The molecule has 1 aliphatic heterocycles. The number of rotatable bonds is 3. The van der Waals surface area contributed by atoms with Crippen LogP contribution in [0.4, 0.5) is 4.79 Å². The summed E-state index contributed by atoms with van der Waals surface area (Å²) >= 11 is 0. The molecule has 0 saturated carbocycles. The summed E-state index contributed by atoms with van der Waals surface area (Å²) < 4.78 is 5.17. The SMILES string of the molecule is C[C@@H](C(=O)ON1C(=O)c2ccccc2C1=O)N(C)C(=O)OC(C)(C)C. The van der Waals surface area contributed by atoms with Crippen LogP contribution in [-0.2, 0) is 14.4 Å². The van der Waals surface area contributed by atoms with Gasteiger partial charge in [0.15, 0.2) is 0 Å². The van der Waals surface area contributed by atoms with Crippen molar-refractivity contribution in [2.24, 2.45) is 0 Å². The van der Waals surface area contributed by atoms with Gasteiger partial charge in [-0.2, -0.15) is 0 Å². The molecule has 1 aliphatic rings. The summed E-state index contributed by atoms with van der Waals surface area (Å²) in [5.74, 6) is -2.37. The zero-order chi connectivity index (χ0) is 18.9. The van der Waals surface area contributed by atoms with Crippen LogP contribution < -0.4 is 0 Å². The molecule has 3 amide bonds. The van der Waals surface area contributed by atoms with E-state index in [2.05, 4.69) is 0 Å². The van der Waals surface area contributed by atoms with E-state index in [4.69, 9.17) is 9.57 Å². The Bertz CT molecular complexity index is 702. The number of hydroxylamine groups is 2. The molecule has 2 rings (SSSR count). The van der Waals surface area contributed by atoms with Gasteiger partial charge in [0.1, 0.15) is 11.6 Å². The highest BCUT2D eigenvalue weighted by atomic mass is 16.7. The molecule has 0 spiro atoms. The normalized spacial score (nSPS) is 14.8. The summed E-state index contributed by atoms with van der Waals surface area (Å²) in [5.41, 5.74) is -0.404. The Morgan fingerprint density at radius 3 is 2.00 bits per heavy atom. The molecular weight excluding hydrogens is 328 g/mol. The first-order valence-corrected chi connectivity index (χ1v) is 7.68. The van der Waals surface area contributed by atoms with Crippen molar-refractivity contribution in [3.63, 3.8) is 0 Å². The lowest BCUT2D eigenvalue weighted by Gasteiger charge is -2.28. The lowest BCUT2D eigenvalue weighted by atomic mass is 10.1. The van der Waals surface area contributed by atoms with Gasteiger partial charge in [-0.25, -0.2) is 9.59 Å². The van der Waals surface area contributed by atoms with Gasteiger partial charge in [0.25, 0.3) is 11.8 Å². The molecule has 0 saturated heterocycles. The monoisotopic (exact) mass is 348 g/mol. The Labute approximate surface area is 145 Å². The smallest absolute Gasteiger partial charge is 0.410 e. The molecule has 1 aromatic rings. The van der Waals surface area contributed by atoms with Crippen LogP contribution in [0.25, 0.3) is 0 Å². The average molecular weight is 348 g/mol. The fraction of sp³-hybridized carbons (Fsp3) is 0.412. The van der Waals surface area contributed by atoms with Crippen LogP contribution in [0.3, 0.4) is 0 Å². The summed E-state index contributed by atoms with van der Waals surface area (Å²) in [5, 5.41) is 0.409. The van der Waals surface area contributed by atoms with Gasteiger partial charge in [0.2, 0.25) is 0 Å². The molecule has 1 atom stereocenters. The van der Waals surface area contributed by atoms with Crippen molar-refractivity contribution >= 4 is 23.9 Å². The fourth-order valence-electron chi connectivity index (χ4n) is 2.07. The maximum atomic E-state index is 12.2. The van der Waals surface area contributed by atoms with Gasteiger partial charge in [0, 0.05) is 7.05 Å². The number of amides is 3. The number of ether oxygens (including phenoxy) is 1. The first-order chi connectivity index (χ1) is 11.5. The summed E-state index contributed by atoms with van der Waals surface area (Å²) in [6.45, 7) is 6.49. The van der Waals surface area contributed by atoms with Gasteiger partial charge in [-0.3, -0.25) is 14.5 Å². The first kappa shape index (κ1) is 18.4. The average Bonchev–Trinajstić information content (AvgIpc) is 2.77. The molecule has 8 heteroatoms. The quantitative estimate of drug-likeness (QED) is 0.776. The van der Waals surface area contributed by atoms with Gasteiger partial charge < -0.3 is 9.57 Å². The fourth-order valence-corrected chi connectivity index (χ4v) is 2.07. The third kappa shape index (κ3) is 3.78. The molecule has 0 unspecified atom stereocenters. The van der Waals surface area contributed by atoms with E-state index in [1.807, 2.05) is 0 Å². The predicted molar refractivity (Wildman–Crippen MR) is 86.5 cm³/mol. The first-order valence-electron chi connectivity index (χ1n) is 7.68. The highest BCUT2D eigenvalue weighted by molar-refractivity contribution is 6.20. The zero-order valence-electron chi connectivity index (χ0n) is 14.7. The Morgan fingerprint density at radius 1 is 1.08 bits per heavy atom. The number of hydrogen-bond donors (Lipinski definition) is 0. The predicted octanol–water partition coefficient (Wildman–Crippen LogP) is 2.00. The summed E-state index contributed by atoms with van der Waals surface area (Å²) in [7, 11) is 1.36. The van der Waals surface area contributed by atoms with Crippen LogP contribution in [-0.4, -0.2) is 52.5 Å². The van der Waals surface area contributed by atoms with Crippen LogP contribution in [0, 0.1) is 0 Å². The minimum absolute atomic E-state index is 0.161. The molecule has 0 radical (unpaired) electrons. The largest absolute Gasteiger partial charge is 0.444 e. The maximum Gasteiger partial charge on any atom is 0.410 e. The van der Waals surface area contributed by atoms with E-state index in [-0.39, 0.29) is 11.1 Å². The Hall–Kier alpha value is -2.90. The van der Waals surface area contributed by atoms with Gasteiger partial charge in [-0.15, -0.1) is 0 Å². The molecular formula is C17H20N2O6. The highest BCUT2D eigenvalue weighted by Gasteiger charge is 2.40. The molecule has 0 aliphatic carbocycles. The minimum atomic E-state index is -1.06. The number of benzene rings is 1. The number of imide groups is 1. The van der Waals surface area contributed by atoms with Crippen LogP contribution in [0.2, 0.25) is 0 Å². The van der Waals surface area contributed by atoms with E-state index >= 15 is 0 Å². The number of fused-ring (bicyclic) bond motifs is 1. The van der Waals surface area contributed by atoms with E-state index < -0.39 is 35.5 Å². The third-order valence-electron chi connectivity index (χ3n) is 3.54. The van der Waals surface area contributed by atoms with Crippen molar-refractivity contribution < 1.29 is 28.8 Å². The summed E-state index contributed by atoms with van der Waals surface area (Å²) in [6.07, 6.45) is -0.723. The van der Waals surface area contributed by atoms with Crippen molar-refractivity contribution in [2.45, 2.75) is 39.3 Å². The van der Waals surface area contributed by atoms with Crippen LogP contribution in [0.5, 0.6) is 0 Å². The van der Waals surface area contributed by atoms with Gasteiger partial charge in [0.05, 0.1) is 11.1 Å². The van der Waals surface area contributed by atoms with Crippen LogP contribution >= 0.6 is 0 Å². The summed E-state index contributed by atoms with van der Waals surface area (Å²) in [6, 6.07) is 5.10. The second-order valence-corrected chi connectivity index (χ2v) is 6.63. The van der Waals surface area contributed by atoms with E-state index in [1.165, 1.54) is 26.1 Å². The topological polar surface area (TPSA) is 93.2 Å². The molecule has 0 N–H and O–H groups in total. The van der Waals surface area contributed by atoms with E-state index in [0.29, 0.717) is 5.06 Å². The Balaban J connectivity index is 2.06. The van der Waals surface area contributed by atoms with Crippen molar-refractivity contribution in [2.75, 3.05) is 7.05 Å². The summed E-state index contributed by atoms with van der Waals surface area (Å²) in [4.78, 5) is 54.6. The van der Waals surface area contributed by atoms with Crippen molar-refractivity contribution in [1.82, 2.24) is 9.96 Å². The lowest BCUT2D eigenvalue weighted by molar-refractivity contribution is -0.173. The minimum Gasteiger partial charge on any atom is -0.444 e. The molecule has 1 aromatic carbocycles. The molecule has 0 aromatic heterocycles. The number of carbonyl (C=O) groups is 4. The van der Waals surface area contributed by atoms with Crippen LogP contribution in [0.1, 0.15) is 48.4 Å². The number of carbonyl (C=O) groups excluding carboxylic acids is 4. The van der Waals surface area contributed by atoms with E-state index in [9.17, 15) is 19.2 Å². The third-order valence-corrected chi connectivity index (χ3v) is 3.54. The maximum absolute atomic E-state index is 12.2. The number of nitrogens with zero attached hydrogens (tertiary/aromatic N) is 2. The molecule has 0 fully saturated rings. The number of hydrogen-bond acceptors (Lipinski definition) is 6. The Kier molecular flexibility index (Phi) is 4.82. The Morgan fingerprint density at radius 2 is 1.56 bits per heavy atom. The lowest BCUT2D eigenvalue weighted by Crippen LogP contribution is -2.46. The van der Waals surface area contributed by atoms with Crippen molar-refractivity contribution in [3.05, 3.63) is 35.4 Å². The van der Waals surface area contributed by atoms with Gasteiger partial charge in [-0.1, -0.05) is 17.2 Å².